The van der Waals surface area contributed by atoms with Crippen molar-refractivity contribution in [3.8, 4) is 0 Å². The summed E-state index contributed by atoms with van der Waals surface area (Å²) < 4.78 is 13.2. The molecular weight excluding hydrogens is 361 g/mol. The number of piperazine rings is 1. The predicted molar refractivity (Wildman–Crippen MR) is 103 cm³/mol. The van der Waals surface area contributed by atoms with Crippen molar-refractivity contribution in [2.75, 3.05) is 41.3 Å². The van der Waals surface area contributed by atoms with Gasteiger partial charge in [0.1, 0.15) is 5.82 Å². The van der Waals surface area contributed by atoms with E-state index < -0.39 is 11.7 Å². The average Bonchev–Trinajstić information content (AvgIpc) is 2.75. The van der Waals surface area contributed by atoms with Crippen molar-refractivity contribution in [2.24, 2.45) is 0 Å². The van der Waals surface area contributed by atoms with E-state index in [4.69, 9.17) is 0 Å². The highest BCUT2D eigenvalue weighted by Crippen LogP contribution is 2.16. The zero-order chi connectivity index (χ0) is 19.3. The van der Waals surface area contributed by atoms with E-state index in [1.807, 2.05) is 0 Å². The lowest BCUT2D eigenvalue weighted by Gasteiger charge is -2.35. The Bertz CT molecular complexity index is 944. The number of benzene rings is 1. The maximum Gasteiger partial charge on any atom is 0.276 e. The molecule has 28 heavy (non-hydrogen) atoms. The van der Waals surface area contributed by atoms with Gasteiger partial charge in [0.05, 0.1) is 0 Å². The molecule has 0 atom stereocenters. The highest BCUT2D eigenvalue weighted by molar-refractivity contribution is 6.02. The number of nitrogens with zero attached hydrogens (tertiary/aromatic N) is 6. The molecule has 142 valence electrons. The molecule has 0 saturated carbocycles. The highest BCUT2D eigenvalue weighted by atomic mass is 19.1. The van der Waals surface area contributed by atoms with E-state index >= 15 is 0 Å². The van der Waals surface area contributed by atoms with Crippen LogP contribution in [-0.2, 0) is 0 Å². The van der Waals surface area contributed by atoms with Gasteiger partial charge in [-0.3, -0.25) is 4.79 Å². The molecule has 1 N–H and O–H groups in total. The van der Waals surface area contributed by atoms with E-state index in [0.29, 0.717) is 11.5 Å². The van der Waals surface area contributed by atoms with Gasteiger partial charge in [-0.25, -0.2) is 14.4 Å². The summed E-state index contributed by atoms with van der Waals surface area (Å²) in [6.45, 7) is 3.05. The van der Waals surface area contributed by atoms with E-state index in [2.05, 4.69) is 35.3 Å². The van der Waals surface area contributed by atoms with Crippen LogP contribution in [0.4, 0.5) is 21.8 Å². The van der Waals surface area contributed by atoms with Crippen LogP contribution in [-0.4, -0.2) is 52.3 Å². The number of amides is 1. The normalized spacial score (nSPS) is 14.0. The third-order valence-electron chi connectivity index (χ3n) is 4.40. The number of hydrogen-bond acceptors (Lipinski definition) is 7. The SMILES string of the molecule is O=C(Nc1cccc(F)c1)c1ccc(N2CCN(c3ncccn3)CC2)nn1. The Morgan fingerprint density at radius 2 is 1.68 bits per heavy atom. The number of rotatable bonds is 4. The van der Waals surface area contributed by atoms with Crippen molar-refractivity contribution in [1.29, 1.82) is 0 Å². The van der Waals surface area contributed by atoms with E-state index in [-0.39, 0.29) is 5.69 Å². The highest BCUT2D eigenvalue weighted by Gasteiger charge is 2.20. The molecule has 9 heteroatoms. The van der Waals surface area contributed by atoms with Crippen LogP contribution in [0.3, 0.4) is 0 Å². The van der Waals surface area contributed by atoms with Gasteiger partial charge in [-0.15, -0.1) is 10.2 Å². The zero-order valence-electron chi connectivity index (χ0n) is 15.0. The Morgan fingerprint density at radius 3 is 2.36 bits per heavy atom. The second kappa shape index (κ2) is 7.95. The van der Waals surface area contributed by atoms with E-state index in [9.17, 15) is 9.18 Å². The van der Waals surface area contributed by atoms with Crippen LogP contribution in [0.25, 0.3) is 0 Å². The van der Waals surface area contributed by atoms with Gasteiger partial charge in [-0.2, -0.15) is 0 Å². The van der Waals surface area contributed by atoms with Gasteiger partial charge in [0.2, 0.25) is 5.95 Å². The van der Waals surface area contributed by atoms with Crippen LogP contribution in [0.5, 0.6) is 0 Å². The topological polar surface area (TPSA) is 87.1 Å². The molecule has 3 aromatic rings. The van der Waals surface area contributed by atoms with Crippen molar-refractivity contribution in [1.82, 2.24) is 20.2 Å². The number of anilines is 3. The summed E-state index contributed by atoms with van der Waals surface area (Å²) in [5, 5.41) is 10.8. The minimum atomic E-state index is -0.435. The first-order chi connectivity index (χ1) is 13.7. The van der Waals surface area contributed by atoms with Crippen LogP contribution in [0, 0.1) is 5.82 Å². The van der Waals surface area contributed by atoms with Crippen molar-refractivity contribution in [2.45, 2.75) is 0 Å². The van der Waals surface area contributed by atoms with Crippen LogP contribution < -0.4 is 15.1 Å². The fraction of sp³-hybridized carbons (Fsp3) is 0.211. The van der Waals surface area contributed by atoms with Gasteiger partial charge < -0.3 is 15.1 Å². The molecular formula is C19H18FN7O. The molecule has 3 heterocycles. The smallest absolute Gasteiger partial charge is 0.276 e. The van der Waals surface area contributed by atoms with Crippen molar-refractivity contribution < 1.29 is 9.18 Å². The predicted octanol–water partition coefficient (Wildman–Crippen LogP) is 1.98. The number of carbonyl (C=O) groups is 1. The Kier molecular flexibility index (Phi) is 5.05. The number of halogens is 1. The first kappa shape index (κ1) is 17.8. The van der Waals surface area contributed by atoms with Gasteiger partial charge in [0, 0.05) is 44.3 Å². The maximum absolute atomic E-state index is 13.2. The molecule has 1 aliphatic heterocycles. The number of aromatic nitrogens is 4. The summed E-state index contributed by atoms with van der Waals surface area (Å²) >= 11 is 0. The molecule has 1 amide bonds. The molecule has 1 fully saturated rings. The largest absolute Gasteiger partial charge is 0.352 e. The molecule has 1 aromatic carbocycles. The Balaban J connectivity index is 1.36. The molecule has 0 unspecified atom stereocenters. The zero-order valence-corrected chi connectivity index (χ0v) is 15.0. The summed E-state index contributed by atoms with van der Waals surface area (Å²) in [5.74, 6) is 0.573. The molecule has 0 radical (unpaired) electrons. The van der Waals surface area contributed by atoms with Crippen LogP contribution in [0.15, 0.2) is 54.9 Å². The van der Waals surface area contributed by atoms with Crippen molar-refractivity contribution >= 4 is 23.4 Å². The minimum absolute atomic E-state index is 0.171. The lowest BCUT2D eigenvalue weighted by Crippen LogP contribution is -2.47. The fourth-order valence-electron chi connectivity index (χ4n) is 2.97. The monoisotopic (exact) mass is 379 g/mol. The molecule has 0 aliphatic carbocycles. The third-order valence-corrected chi connectivity index (χ3v) is 4.40. The summed E-state index contributed by atoms with van der Waals surface area (Å²) in [5.41, 5.74) is 0.541. The molecule has 1 saturated heterocycles. The first-order valence-electron chi connectivity index (χ1n) is 8.86. The van der Waals surface area contributed by atoms with Gasteiger partial charge in [-0.1, -0.05) is 6.07 Å². The molecule has 1 aliphatic rings. The summed E-state index contributed by atoms with van der Waals surface area (Å²) in [7, 11) is 0. The quantitative estimate of drug-likeness (QED) is 0.742. The van der Waals surface area contributed by atoms with Crippen molar-refractivity contribution in [3.63, 3.8) is 0 Å². The summed E-state index contributed by atoms with van der Waals surface area (Å²) in [4.78, 5) is 25.0. The number of hydrogen-bond donors (Lipinski definition) is 1. The number of nitrogens with one attached hydrogen (secondary N) is 1. The Hall–Kier alpha value is -3.62. The second-order valence-corrected chi connectivity index (χ2v) is 6.26. The average molecular weight is 379 g/mol. The molecule has 0 bridgehead atoms. The Morgan fingerprint density at radius 1 is 0.929 bits per heavy atom. The van der Waals surface area contributed by atoms with Gasteiger partial charge in [0.15, 0.2) is 11.5 Å². The maximum atomic E-state index is 13.2. The first-order valence-corrected chi connectivity index (χ1v) is 8.86. The van der Waals surface area contributed by atoms with Crippen molar-refractivity contribution in [3.05, 3.63) is 66.4 Å². The van der Waals surface area contributed by atoms with Gasteiger partial charge >= 0.3 is 0 Å². The van der Waals surface area contributed by atoms with E-state index in [1.165, 1.54) is 18.2 Å². The lowest BCUT2D eigenvalue weighted by atomic mass is 10.3. The summed E-state index contributed by atoms with van der Waals surface area (Å²) in [6, 6.07) is 10.9. The minimum Gasteiger partial charge on any atom is -0.352 e. The summed E-state index contributed by atoms with van der Waals surface area (Å²) in [6.07, 6.45) is 3.46. The van der Waals surface area contributed by atoms with Crippen LogP contribution >= 0.6 is 0 Å². The van der Waals surface area contributed by atoms with Crippen LogP contribution in [0.1, 0.15) is 10.5 Å². The van der Waals surface area contributed by atoms with Crippen LogP contribution in [0.2, 0.25) is 0 Å². The standard InChI is InChI=1S/C19H18FN7O/c20-14-3-1-4-15(13-14)23-18(28)16-5-6-17(25-24-16)26-9-11-27(12-10-26)19-21-7-2-8-22-19/h1-8,13H,9-12H2,(H,23,28). The second-order valence-electron chi connectivity index (χ2n) is 6.26. The van der Waals surface area contributed by atoms with Gasteiger partial charge in [-0.05, 0) is 36.4 Å². The molecule has 4 rings (SSSR count). The molecule has 2 aromatic heterocycles. The molecule has 8 nitrogen and oxygen atoms in total. The van der Waals surface area contributed by atoms with E-state index in [1.54, 1.807) is 36.7 Å². The Labute approximate surface area is 161 Å². The molecule has 0 spiro atoms. The lowest BCUT2D eigenvalue weighted by molar-refractivity contribution is 0.102. The van der Waals surface area contributed by atoms with E-state index in [0.717, 1.165) is 32.1 Å². The third kappa shape index (κ3) is 4.03. The fourth-order valence-corrected chi connectivity index (χ4v) is 2.97. The van der Waals surface area contributed by atoms with Gasteiger partial charge in [0.25, 0.3) is 5.91 Å². The number of carbonyl (C=O) groups excluding carboxylic acids is 1.